The molecular formula is C28H29N5O2. The minimum atomic E-state index is -0.429. The quantitative estimate of drug-likeness (QED) is 0.388. The molecule has 1 aliphatic rings. The van der Waals surface area contributed by atoms with Gasteiger partial charge in [-0.3, -0.25) is 4.68 Å². The molecule has 0 radical (unpaired) electrons. The maximum Gasteiger partial charge on any atom is 0.342 e. The first-order valence-electron chi connectivity index (χ1n) is 11.8. The molecule has 178 valence electrons. The minimum Gasteiger partial charge on any atom is -0.465 e. The van der Waals surface area contributed by atoms with E-state index >= 15 is 0 Å². The van der Waals surface area contributed by atoms with Crippen LogP contribution in [0.5, 0.6) is 0 Å². The number of nitrogens with zero attached hydrogens (tertiary/aromatic N) is 5. The third-order valence-corrected chi connectivity index (χ3v) is 6.32. The fourth-order valence-electron chi connectivity index (χ4n) is 4.72. The lowest BCUT2D eigenvalue weighted by Gasteiger charge is -2.32. The van der Waals surface area contributed by atoms with E-state index in [9.17, 15) is 4.79 Å². The highest BCUT2D eigenvalue weighted by molar-refractivity contribution is 6.05. The van der Waals surface area contributed by atoms with Crippen LogP contribution in [-0.4, -0.2) is 39.6 Å². The van der Waals surface area contributed by atoms with Gasteiger partial charge in [0.25, 0.3) is 0 Å². The van der Waals surface area contributed by atoms with E-state index < -0.39 is 5.97 Å². The number of hydrogen-bond acceptors (Lipinski definition) is 6. The summed E-state index contributed by atoms with van der Waals surface area (Å²) in [6.07, 6.45) is 2.73. The molecule has 0 aliphatic carbocycles. The largest absolute Gasteiger partial charge is 0.465 e. The van der Waals surface area contributed by atoms with Gasteiger partial charge in [0.15, 0.2) is 5.82 Å². The molecule has 0 unspecified atom stereocenters. The Morgan fingerprint density at radius 2 is 1.60 bits per heavy atom. The van der Waals surface area contributed by atoms with Gasteiger partial charge < -0.3 is 9.64 Å². The van der Waals surface area contributed by atoms with Crippen molar-refractivity contribution in [3.8, 4) is 22.4 Å². The van der Waals surface area contributed by atoms with E-state index in [1.54, 1.807) is 0 Å². The molecule has 5 rings (SSSR count). The molecule has 0 amide bonds. The highest BCUT2D eigenvalue weighted by Gasteiger charge is 2.31. The predicted octanol–water partition coefficient (Wildman–Crippen LogP) is 5.11. The lowest BCUT2D eigenvalue weighted by molar-refractivity contribution is 0.0601. The van der Waals surface area contributed by atoms with Crippen LogP contribution in [-0.2, 0) is 23.2 Å². The Morgan fingerprint density at radius 3 is 2.23 bits per heavy atom. The fraction of sp³-hybridized carbons (Fsp3) is 0.286. The van der Waals surface area contributed by atoms with Gasteiger partial charge in [0.1, 0.15) is 11.3 Å². The van der Waals surface area contributed by atoms with Crippen LogP contribution < -0.4 is 4.90 Å². The first-order chi connectivity index (χ1) is 16.9. The van der Waals surface area contributed by atoms with Gasteiger partial charge in [0.2, 0.25) is 0 Å². The van der Waals surface area contributed by atoms with E-state index in [1.807, 2.05) is 66.9 Å². The molecule has 2 aromatic heterocycles. The van der Waals surface area contributed by atoms with Gasteiger partial charge in [-0.2, -0.15) is 5.10 Å². The summed E-state index contributed by atoms with van der Waals surface area (Å²) in [6, 6.07) is 19.7. The average Bonchev–Trinajstić information content (AvgIpc) is 3.32. The number of rotatable bonds is 4. The van der Waals surface area contributed by atoms with E-state index in [0.29, 0.717) is 30.2 Å². The summed E-state index contributed by atoms with van der Waals surface area (Å²) in [7, 11) is 1.41. The molecule has 0 bridgehead atoms. The molecule has 3 heterocycles. The molecule has 35 heavy (non-hydrogen) atoms. The number of anilines is 1. The summed E-state index contributed by atoms with van der Waals surface area (Å²) < 4.78 is 7.39. The van der Waals surface area contributed by atoms with Crippen molar-refractivity contribution in [2.75, 3.05) is 18.6 Å². The van der Waals surface area contributed by atoms with Crippen molar-refractivity contribution in [2.45, 2.75) is 39.3 Å². The van der Waals surface area contributed by atoms with E-state index in [0.717, 1.165) is 28.7 Å². The van der Waals surface area contributed by atoms with Crippen molar-refractivity contribution >= 4 is 11.8 Å². The van der Waals surface area contributed by atoms with Crippen LogP contribution in [0.15, 0.2) is 66.9 Å². The topological polar surface area (TPSA) is 73.1 Å². The Balaban J connectivity index is 1.68. The van der Waals surface area contributed by atoms with Crippen LogP contribution in [0.3, 0.4) is 0 Å². The van der Waals surface area contributed by atoms with Crippen LogP contribution in [0.25, 0.3) is 22.4 Å². The smallest absolute Gasteiger partial charge is 0.342 e. The molecule has 0 spiro atoms. The number of ether oxygens (including phenoxy) is 1. The zero-order chi connectivity index (χ0) is 24.6. The summed E-state index contributed by atoms with van der Waals surface area (Å²) in [5.74, 6) is 0.103. The number of methoxy groups -OCH3 is 1. The number of esters is 1. The molecule has 0 saturated carbocycles. The van der Waals surface area contributed by atoms with E-state index in [1.165, 1.54) is 12.8 Å². The lowest BCUT2D eigenvalue weighted by Crippen LogP contribution is -2.35. The van der Waals surface area contributed by atoms with Gasteiger partial charge >= 0.3 is 5.97 Å². The molecule has 0 fully saturated rings. The van der Waals surface area contributed by atoms with Gasteiger partial charge in [-0.25, -0.2) is 4.79 Å². The Morgan fingerprint density at radius 1 is 0.943 bits per heavy atom. The molecule has 7 heteroatoms. The van der Waals surface area contributed by atoms with Gasteiger partial charge in [-0.15, -0.1) is 10.2 Å². The third-order valence-electron chi connectivity index (χ3n) is 6.32. The van der Waals surface area contributed by atoms with E-state index in [4.69, 9.17) is 4.74 Å². The highest BCUT2D eigenvalue weighted by atomic mass is 16.5. The van der Waals surface area contributed by atoms with Crippen molar-refractivity contribution in [1.29, 1.82) is 0 Å². The minimum absolute atomic E-state index is 0.0927. The van der Waals surface area contributed by atoms with Gasteiger partial charge in [0, 0.05) is 41.9 Å². The monoisotopic (exact) mass is 467 g/mol. The number of carbonyl (C=O) groups excluding carboxylic acids is 1. The zero-order valence-electron chi connectivity index (χ0n) is 20.5. The SMILES string of the molecule is COC(=O)c1c(N2CCc3c(cnn3C(C)(C)C)C2)nnc(-c2ccccc2)c1-c1ccccc1. The maximum atomic E-state index is 13.3. The second-order valence-corrected chi connectivity index (χ2v) is 9.72. The van der Waals surface area contributed by atoms with Gasteiger partial charge in [-0.1, -0.05) is 60.7 Å². The molecule has 4 aromatic rings. The van der Waals surface area contributed by atoms with Gasteiger partial charge in [0.05, 0.1) is 18.8 Å². The molecule has 2 aromatic carbocycles. The molecule has 0 atom stereocenters. The second-order valence-electron chi connectivity index (χ2n) is 9.72. The normalized spacial score (nSPS) is 13.4. The average molecular weight is 468 g/mol. The first-order valence-corrected chi connectivity index (χ1v) is 11.8. The van der Waals surface area contributed by atoms with E-state index in [-0.39, 0.29) is 5.54 Å². The standard InChI is InChI=1S/C28H29N5O2/c1-28(2,3)33-22-15-16-32(18-21(22)17-29-33)26-24(27(34)35-4)23(19-11-7-5-8-12-19)25(30-31-26)20-13-9-6-10-14-20/h5-14,17H,15-16,18H2,1-4H3. The van der Waals surface area contributed by atoms with Crippen LogP contribution in [0, 0.1) is 0 Å². The summed E-state index contributed by atoms with van der Waals surface area (Å²) in [5.41, 5.74) is 5.86. The molecule has 7 nitrogen and oxygen atoms in total. The number of aromatic nitrogens is 4. The first kappa shape index (κ1) is 22.8. The summed E-state index contributed by atoms with van der Waals surface area (Å²) in [6.45, 7) is 7.77. The van der Waals surface area contributed by atoms with Crippen LogP contribution in [0.4, 0.5) is 5.82 Å². The number of fused-ring (bicyclic) bond motifs is 1. The maximum absolute atomic E-state index is 13.3. The van der Waals surface area contributed by atoms with Crippen molar-refractivity contribution in [3.05, 3.63) is 83.7 Å². The van der Waals surface area contributed by atoms with Crippen LogP contribution in [0.2, 0.25) is 0 Å². The zero-order valence-corrected chi connectivity index (χ0v) is 20.5. The van der Waals surface area contributed by atoms with Gasteiger partial charge in [-0.05, 0) is 26.3 Å². The Labute approximate surface area is 205 Å². The van der Waals surface area contributed by atoms with Crippen molar-refractivity contribution in [1.82, 2.24) is 20.0 Å². The third kappa shape index (κ3) is 4.18. The molecular weight excluding hydrogens is 438 g/mol. The summed E-state index contributed by atoms with van der Waals surface area (Å²) in [4.78, 5) is 15.4. The number of benzene rings is 2. The lowest BCUT2D eigenvalue weighted by atomic mass is 9.94. The van der Waals surface area contributed by atoms with Crippen LogP contribution in [0.1, 0.15) is 42.4 Å². The predicted molar refractivity (Wildman–Crippen MR) is 136 cm³/mol. The van der Waals surface area contributed by atoms with E-state index in [2.05, 4.69) is 45.6 Å². The Hall–Kier alpha value is -4.00. The number of carbonyl (C=O) groups is 1. The van der Waals surface area contributed by atoms with Crippen LogP contribution >= 0.6 is 0 Å². The molecule has 1 aliphatic heterocycles. The molecule has 0 N–H and O–H groups in total. The van der Waals surface area contributed by atoms with Crippen molar-refractivity contribution < 1.29 is 9.53 Å². The highest BCUT2D eigenvalue weighted by Crippen LogP contribution is 2.38. The summed E-state index contributed by atoms with van der Waals surface area (Å²) >= 11 is 0. The Kier molecular flexibility index (Phi) is 5.84. The fourth-order valence-corrected chi connectivity index (χ4v) is 4.72. The molecule has 0 saturated heterocycles. The number of hydrogen-bond donors (Lipinski definition) is 0. The van der Waals surface area contributed by atoms with Crippen molar-refractivity contribution in [2.24, 2.45) is 0 Å². The summed E-state index contributed by atoms with van der Waals surface area (Å²) in [5, 5.41) is 13.9. The van der Waals surface area contributed by atoms with Crippen molar-refractivity contribution in [3.63, 3.8) is 0 Å². The second kappa shape index (κ2) is 8.98. The Bertz CT molecular complexity index is 1360.